The van der Waals surface area contributed by atoms with Gasteiger partial charge in [-0.05, 0) is 38.5 Å². The first-order valence-corrected chi connectivity index (χ1v) is 36.2. The van der Waals surface area contributed by atoms with E-state index in [-0.39, 0.29) is 31.1 Å². The number of esters is 3. The molecular formula is C73H140O6. The van der Waals surface area contributed by atoms with E-state index in [0.29, 0.717) is 19.3 Å². The monoisotopic (exact) mass is 1110 g/mol. The third kappa shape index (κ3) is 66.8. The molecule has 6 nitrogen and oxygen atoms in total. The highest BCUT2D eigenvalue weighted by molar-refractivity contribution is 5.71. The average Bonchev–Trinajstić information content (AvgIpc) is 3.45. The topological polar surface area (TPSA) is 78.9 Å². The van der Waals surface area contributed by atoms with E-state index < -0.39 is 6.10 Å². The highest BCUT2D eigenvalue weighted by Crippen LogP contribution is 2.20. The molecule has 0 aliphatic carbocycles. The van der Waals surface area contributed by atoms with Crippen LogP contribution in [0.4, 0.5) is 0 Å². The summed E-state index contributed by atoms with van der Waals surface area (Å²) in [4.78, 5) is 38.3. The summed E-state index contributed by atoms with van der Waals surface area (Å²) in [5.74, 6) is -0.843. The first-order chi connectivity index (χ1) is 39.0. The summed E-state index contributed by atoms with van der Waals surface area (Å²) in [7, 11) is 0. The molecule has 0 fully saturated rings. The summed E-state index contributed by atoms with van der Waals surface area (Å²) < 4.78 is 17.0. The SMILES string of the molecule is CCC/C=C\CCCCCCCC(=O)OCC(COC(=O)CCCCCCCCCCCCCCCCCCCCCCCCCCCCC)OC(=O)CCCCCCCCCCCCCCCCCCCCCCCCCC. The molecular weight excluding hydrogens is 973 g/mol. The van der Waals surface area contributed by atoms with E-state index >= 15 is 0 Å². The largest absolute Gasteiger partial charge is 0.462 e. The van der Waals surface area contributed by atoms with Crippen LogP contribution in [0.3, 0.4) is 0 Å². The van der Waals surface area contributed by atoms with E-state index in [2.05, 4.69) is 32.9 Å². The Balaban J connectivity index is 4.09. The molecule has 0 aliphatic rings. The zero-order chi connectivity index (χ0) is 57.1. The molecule has 1 atom stereocenters. The first kappa shape index (κ1) is 77.2. The number of allylic oxidation sites excluding steroid dienone is 2. The lowest BCUT2D eigenvalue weighted by Crippen LogP contribution is -2.30. The van der Waals surface area contributed by atoms with E-state index in [9.17, 15) is 14.4 Å². The Morgan fingerprint density at radius 3 is 0.684 bits per heavy atom. The molecule has 0 spiro atoms. The van der Waals surface area contributed by atoms with Crippen molar-refractivity contribution in [2.45, 2.75) is 425 Å². The zero-order valence-corrected chi connectivity index (χ0v) is 53.9. The third-order valence-corrected chi connectivity index (χ3v) is 16.8. The van der Waals surface area contributed by atoms with Crippen LogP contribution in [-0.4, -0.2) is 37.2 Å². The normalized spacial score (nSPS) is 12.0. The van der Waals surface area contributed by atoms with E-state index in [1.807, 2.05) is 0 Å². The summed E-state index contributed by atoms with van der Waals surface area (Å²) in [6, 6.07) is 0. The summed E-state index contributed by atoms with van der Waals surface area (Å²) in [6.07, 6.45) is 82.7. The molecule has 0 N–H and O–H groups in total. The van der Waals surface area contributed by atoms with Gasteiger partial charge in [0.15, 0.2) is 6.10 Å². The maximum atomic E-state index is 12.9. The van der Waals surface area contributed by atoms with Crippen molar-refractivity contribution in [1.82, 2.24) is 0 Å². The Morgan fingerprint density at radius 1 is 0.241 bits per heavy atom. The Labute approximate surface area is 494 Å². The molecule has 0 saturated carbocycles. The second kappa shape index (κ2) is 68.6. The predicted molar refractivity (Wildman–Crippen MR) is 344 cm³/mol. The number of unbranched alkanes of at least 4 members (excludes halogenated alkanes) is 55. The van der Waals surface area contributed by atoms with Gasteiger partial charge in [-0.15, -0.1) is 0 Å². The van der Waals surface area contributed by atoms with Gasteiger partial charge >= 0.3 is 17.9 Å². The maximum absolute atomic E-state index is 12.9. The van der Waals surface area contributed by atoms with Crippen molar-refractivity contribution in [2.75, 3.05) is 13.2 Å². The van der Waals surface area contributed by atoms with E-state index in [0.717, 1.165) is 70.6 Å². The van der Waals surface area contributed by atoms with E-state index in [1.165, 1.54) is 308 Å². The van der Waals surface area contributed by atoms with Gasteiger partial charge in [0.05, 0.1) is 0 Å². The molecule has 0 saturated heterocycles. The Hall–Kier alpha value is -1.85. The maximum Gasteiger partial charge on any atom is 0.306 e. The summed E-state index contributed by atoms with van der Waals surface area (Å²) >= 11 is 0. The fourth-order valence-corrected chi connectivity index (χ4v) is 11.3. The average molecular weight is 1110 g/mol. The van der Waals surface area contributed by atoms with Crippen molar-refractivity contribution in [3.8, 4) is 0 Å². The number of ether oxygens (including phenoxy) is 3. The molecule has 79 heavy (non-hydrogen) atoms. The lowest BCUT2D eigenvalue weighted by Gasteiger charge is -2.18. The van der Waals surface area contributed by atoms with Crippen LogP contribution in [-0.2, 0) is 28.6 Å². The summed E-state index contributed by atoms with van der Waals surface area (Å²) in [5.41, 5.74) is 0. The fraction of sp³-hybridized carbons (Fsp3) is 0.932. The molecule has 0 bridgehead atoms. The van der Waals surface area contributed by atoms with E-state index in [4.69, 9.17) is 14.2 Å². The van der Waals surface area contributed by atoms with Gasteiger partial charge in [0, 0.05) is 19.3 Å². The molecule has 0 rings (SSSR count). The highest BCUT2D eigenvalue weighted by atomic mass is 16.6. The van der Waals surface area contributed by atoms with Crippen LogP contribution in [0.2, 0.25) is 0 Å². The van der Waals surface area contributed by atoms with Gasteiger partial charge in [0.2, 0.25) is 0 Å². The third-order valence-electron chi connectivity index (χ3n) is 16.8. The van der Waals surface area contributed by atoms with Gasteiger partial charge in [-0.2, -0.15) is 0 Å². The Morgan fingerprint density at radius 2 is 0.443 bits per heavy atom. The molecule has 0 aliphatic heterocycles. The molecule has 0 aromatic rings. The predicted octanol–water partition coefficient (Wildman–Crippen LogP) is 24.8. The van der Waals surface area contributed by atoms with Crippen LogP contribution in [0.25, 0.3) is 0 Å². The lowest BCUT2D eigenvalue weighted by molar-refractivity contribution is -0.167. The van der Waals surface area contributed by atoms with Crippen molar-refractivity contribution in [3.05, 3.63) is 12.2 Å². The number of hydrogen-bond acceptors (Lipinski definition) is 6. The van der Waals surface area contributed by atoms with Gasteiger partial charge in [-0.3, -0.25) is 14.4 Å². The molecule has 0 aromatic heterocycles. The number of carbonyl (C=O) groups is 3. The Bertz CT molecular complexity index is 1230. The molecule has 0 radical (unpaired) electrons. The fourth-order valence-electron chi connectivity index (χ4n) is 11.3. The molecule has 6 heteroatoms. The van der Waals surface area contributed by atoms with Crippen LogP contribution in [0.1, 0.15) is 419 Å². The van der Waals surface area contributed by atoms with Crippen molar-refractivity contribution in [2.24, 2.45) is 0 Å². The molecule has 468 valence electrons. The van der Waals surface area contributed by atoms with Crippen LogP contribution >= 0.6 is 0 Å². The molecule has 0 amide bonds. The molecule has 1 unspecified atom stereocenters. The van der Waals surface area contributed by atoms with E-state index in [1.54, 1.807) is 0 Å². The first-order valence-electron chi connectivity index (χ1n) is 36.2. The van der Waals surface area contributed by atoms with Crippen molar-refractivity contribution < 1.29 is 28.6 Å². The Kier molecular flexibility index (Phi) is 67.0. The van der Waals surface area contributed by atoms with Crippen LogP contribution in [0, 0.1) is 0 Å². The minimum absolute atomic E-state index is 0.0660. The summed E-state index contributed by atoms with van der Waals surface area (Å²) in [5, 5.41) is 0. The number of rotatable bonds is 68. The van der Waals surface area contributed by atoms with Gasteiger partial charge in [0.25, 0.3) is 0 Å². The number of hydrogen-bond donors (Lipinski definition) is 0. The highest BCUT2D eigenvalue weighted by Gasteiger charge is 2.19. The van der Waals surface area contributed by atoms with Crippen LogP contribution in [0.5, 0.6) is 0 Å². The van der Waals surface area contributed by atoms with Gasteiger partial charge < -0.3 is 14.2 Å². The minimum atomic E-state index is -0.769. The quantitative estimate of drug-likeness (QED) is 0.0261. The van der Waals surface area contributed by atoms with Gasteiger partial charge in [0.1, 0.15) is 13.2 Å². The second-order valence-corrected chi connectivity index (χ2v) is 24.9. The minimum Gasteiger partial charge on any atom is -0.462 e. The summed E-state index contributed by atoms with van der Waals surface area (Å²) in [6.45, 7) is 6.66. The number of carbonyl (C=O) groups excluding carboxylic acids is 3. The van der Waals surface area contributed by atoms with Gasteiger partial charge in [-0.1, -0.05) is 373 Å². The standard InChI is InChI=1S/C73H140O6/c1-4-7-10-13-16-19-22-24-26-28-30-32-34-36-37-38-40-41-43-45-47-49-51-54-57-60-63-66-72(75)78-69-70(68-77-71(74)65-62-59-56-53-21-18-15-12-9-6-3)79-73(76)67-64-61-58-55-52-50-48-46-44-42-39-35-33-31-29-27-25-23-20-17-14-11-8-5-2/h12,15,70H,4-11,13-14,16-69H2,1-3H3/b15-12-. The zero-order valence-electron chi connectivity index (χ0n) is 53.9. The van der Waals surface area contributed by atoms with Crippen LogP contribution in [0.15, 0.2) is 12.2 Å². The lowest BCUT2D eigenvalue weighted by atomic mass is 10.0. The van der Waals surface area contributed by atoms with Gasteiger partial charge in [-0.25, -0.2) is 0 Å². The second-order valence-electron chi connectivity index (χ2n) is 24.9. The molecule has 0 heterocycles. The van der Waals surface area contributed by atoms with Crippen molar-refractivity contribution in [1.29, 1.82) is 0 Å². The van der Waals surface area contributed by atoms with Crippen molar-refractivity contribution in [3.63, 3.8) is 0 Å². The smallest absolute Gasteiger partial charge is 0.306 e. The van der Waals surface area contributed by atoms with Crippen LogP contribution < -0.4 is 0 Å². The van der Waals surface area contributed by atoms with Crippen molar-refractivity contribution >= 4 is 17.9 Å². The molecule has 0 aromatic carbocycles.